The molecule has 0 spiro atoms. The highest BCUT2D eigenvalue weighted by Gasteiger charge is 2.25. The van der Waals surface area contributed by atoms with Gasteiger partial charge in [0.2, 0.25) is 0 Å². The van der Waals surface area contributed by atoms with E-state index in [-0.39, 0.29) is 30.9 Å². The summed E-state index contributed by atoms with van der Waals surface area (Å²) >= 11 is 0. The highest BCUT2D eigenvalue weighted by Crippen LogP contribution is 2.29. The van der Waals surface area contributed by atoms with Gasteiger partial charge in [0.1, 0.15) is 0 Å². The zero-order chi connectivity index (χ0) is 9.26. The van der Waals surface area contributed by atoms with Crippen LogP contribution in [0.2, 0.25) is 0 Å². The lowest BCUT2D eigenvalue weighted by atomic mass is 10.2. The van der Waals surface area contributed by atoms with Crippen LogP contribution in [0.25, 0.3) is 0 Å². The second kappa shape index (κ2) is 4.62. The molecule has 0 unspecified atom stereocenters. The lowest BCUT2D eigenvalue weighted by Gasteiger charge is -2.07. The highest BCUT2D eigenvalue weighted by molar-refractivity contribution is 5.85. The fraction of sp³-hybridized carbons (Fsp3) is 0.400. The predicted molar refractivity (Wildman–Crippen MR) is 55.2 cm³/mol. The lowest BCUT2D eigenvalue weighted by molar-refractivity contribution is 0.286. The van der Waals surface area contributed by atoms with Gasteiger partial charge in [-0.15, -0.1) is 12.4 Å². The Bertz CT molecular complexity index is 315. The van der Waals surface area contributed by atoms with Crippen LogP contribution in [0.3, 0.4) is 0 Å². The number of hydrogen-bond donors (Lipinski definition) is 1. The SMILES string of the molecule is Cl.NCc1cccc(OC2CC2)c1F. The topological polar surface area (TPSA) is 35.2 Å². The van der Waals surface area contributed by atoms with Gasteiger partial charge in [-0.3, -0.25) is 0 Å². The fourth-order valence-corrected chi connectivity index (χ4v) is 1.17. The lowest BCUT2D eigenvalue weighted by Crippen LogP contribution is -2.04. The first kappa shape index (κ1) is 11.3. The molecule has 0 saturated heterocycles. The summed E-state index contributed by atoms with van der Waals surface area (Å²) in [5.41, 5.74) is 5.88. The monoisotopic (exact) mass is 217 g/mol. The average Bonchev–Trinajstić information content (AvgIpc) is 2.92. The van der Waals surface area contributed by atoms with E-state index in [4.69, 9.17) is 10.5 Å². The van der Waals surface area contributed by atoms with E-state index in [1.807, 2.05) is 0 Å². The van der Waals surface area contributed by atoms with Crippen LogP contribution in [0.4, 0.5) is 4.39 Å². The van der Waals surface area contributed by atoms with Crippen LogP contribution in [0.5, 0.6) is 5.75 Å². The van der Waals surface area contributed by atoms with Crippen molar-refractivity contribution in [3.63, 3.8) is 0 Å². The molecule has 78 valence electrons. The molecule has 2 rings (SSSR count). The second-order valence-corrected chi connectivity index (χ2v) is 3.25. The molecule has 1 aliphatic rings. The minimum atomic E-state index is -0.308. The maximum Gasteiger partial charge on any atom is 0.169 e. The molecule has 14 heavy (non-hydrogen) atoms. The maximum atomic E-state index is 13.5. The van der Waals surface area contributed by atoms with Crippen LogP contribution in [0.15, 0.2) is 18.2 Å². The standard InChI is InChI=1S/C10H12FNO.ClH/c11-10-7(6-12)2-1-3-9(10)13-8-4-5-8;/h1-3,8H,4-6,12H2;1H. The maximum absolute atomic E-state index is 13.5. The van der Waals surface area contributed by atoms with Crippen LogP contribution < -0.4 is 10.5 Å². The van der Waals surface area contributed by atoms with Crippen molar-refractivity contribution in [2.75, 3.05) is 0 Å². The Kier molecular flexibility index (Phi) is 3.72. The highest BCUT2D eigenvalue weighted by atomic mass is 35.5. The third-order valence-corrected chi connectivity index (χ3v) is 2.08. The fourth-order valence-electron chi connectivity index (χ4n) is 1.17. The largest absolute Gasteiger partial charge is 0.487 e. The molecule has 1 aromatic carbocycles. The molecule has 0 atom stereocenters. The van der Waals surface area contributed by atoms with Crippen molar-refractivity contribution in [2.45, 2.75) is 25.5 Å². The Balaban J connectivity index is 0.000000980. The summed E-state index contributed by atoms with van der Waals surface area (Å²) in [6, 6.07) is 5.09. The number of benzene rings is 1. The second-order valence-electron chi connectivity index (χ2n) is 3.25. The molecule has 0 aliphatic heterocycles. The summed E-state index contributed by atoms with van der Waals surface area (Å²) in [6.45, 7) is 0.216. The van der Waals surface area contributed by atoms with E-state index in [2.05, 4.69) is 0 Å². The van der Waals surface area contributed by atoms with E-state index in [0.29, 0.717) is 11.3 Å². The van der Waals surface area contributed by atoms with Gasteiger partial charge in [0.05, 0.1) is 6.10 Å². The van der Waals surface area contributed by atoms with Gasteiger partial charge in [-0.2, -0.15) is 0 Å². The van der Waals surface area contributed by atoms with Gasteiger partial charge in [0, 0.05) is 12.1 Å². The minimum Gasteiger partial charge on any atom is -0.487 e. The van der Waals surface area contributed by atoms with E-state index in [9.17, 15) is 4.39 Å². The quantitative estimate of drug-likeness (QED) is 0.843. The van der Waals surface area contributed by atoms with Gasteiger partial charge in [0.25, 0.3) is 0 Å². The summed E-state index contributed by atoms with van der Waals surface area (Å²) in [5, 5.41) is 0. The van der Waals surface area contributed by atoms with Crippen molar-refractivity contribution in [1.29, 1.82) is 0 Å². The molecule has 1 saturated carbocycles. The summed E-state index contributed by atoms with van der Waals surface area (Å²) < 4.78 is 18.8. The molecule has 0 amide bonds. The Morgan fingerprint density at radius 1 is 1.43 bits per heavy atom. The molecule has 0 bridgehead atoms. The van der Waals surface area contributed by atoms with Crippen molar-refractivity contribution in [3.05, 3.63) is 29.6 Å². The number of nitrogens with two attached hydrogens (primary N) is 1. The Labute approximate surface area is 88.7 Å². The molecule has 0 radical (unpaired) electrons. The number of ether oxygens (including phenoxy) is 1. The zero-order valence-corrected chi connectivity index (χ0v) is 8.52. The van der Waals surface area contributed by atoms with Crippen molar-refractivity contribution in [1.82, 2.24) is 0 Å². The molecule has 0 aromatic heterocycles. The van der Waals surface area contributed by atoms with Crippen molar-refractivity contribution >= 4 is 12.4 Å². The number of rotatable bonds is 3. The van der Waals surface area contributed by atoms with E-state index in [0.717, 1.165) is 12.8 Å². The molecule has 1 fully saturated rings. The molecule has 2 N–H and O–H groups in total. The molecule has 0 heterocycles. The van der Waals surface area contributed by atoms with Crippen LogP contribution in [0, 0.1) is 5.82 Å². The van der Waals surface area contributed by atoms with Gasteiger partial charge in [-0.05, 0) is 18.9 Å². The number of halogens is 2. The van der Waals surface area contributed by atoms with Gasteiger partial charge in [-0.1, -0.05) is 12.1 Å². The number of hydrogen-bond acceptors (Lipinski definition) is 2. The third-order valence-electron chi connectivity index (χ3n) is 2.08. The third kappa shape index (κ3) is 2.36. The molecular weight excluding hydrogens is 205 g/mol. The van der Waals surface area contributed by atoms with E-state index < -0.39 is 0 Å². The molecule has 1 aliphatic carbocycles. The smallest absolute Gasteiger partial charge is 0.169 e. The summed E-state index contributed by atoms with van der Waals surface area (Å²) in [6.07, 6.45) is 2.29. The Morgan fingerprint density at radius 3 is 2.71 bits per heavy atom. The van der Waals surface area contributed by atoms with Crippen LogP contribution in [0.1, 0.15) is 18.4 Å². The zero-order valence-electron chi connectivity index (χ0n) is 7.70. The summed E-state index contributed by atoms with van der Waals surface area (Å²) in [5.74, 6) is 0.0300. The Morgan fingerprint density at radius 2 is 2.14 bits per heavy atom. The van der Waals surface area contributed by atoms with Crippen molar-refractivity contribution in [2.24, 2.45) is 5.73 Å². The molecule has 4 heteroatoms. The first-order valence-corrected chi connectivity index (χ1v) is 4.45. The van der Waals surface area contributed by atoms with Gasteiger partial charge < -0.3 is 10.5 Å². The first-order chi connectivity index (χ1) is 6.31. The summed E-state index contributed by atoms with van der Waals surface area (Å²) in [4.78, 5) is 0. The van der Waals surface area contributed by atoms with E-state index >= 15 is 0 Å². The van der Waals surface area contributed by atoms with Crippen LogP contribution >= 0.6 is 12.4 Å². The average molecular weight is 218 g/mol. The molecule has 1 aromatic rings. The predicted octanol–water partition coefficient (Wildman–Crippen LogP) is 2.25. The van der Waals surface area contributed by atoms with Crippen molar-refractivity contribution < 1.29 is 9.13 Å². The van der Waals surface area contributed by atoms with Gasteiger partial charge >= 0.3 is 0 Å². The minimum absolute atomic E-state index is 0. The van der Waals surface area contributed by atoms with Gasteiger partial charge in [0.15, 0.2) is 11.6 Å². The van der Waals surface area contributed by atoms with Crippen molar-refractivity contribution in [3.8, 4) is 5.75 Å². The Hall–Kier alpha value is -0.800. The normalized spacial score (nSPS) is 14.7. The molecular formula is C10H13ClFNO. The summed E-state index contributed by atoms with van der Waals surface area (Å²) in [7, 11) is 0. The van der Waals surface area contributed by atoms with E-state index in [1.54, 1.807) is 18.2 Å². The first-order valence-electron chi connectivity index (χ1n) is 4.45. The van der Waals surface area contributed by atoms with Crippen LogP contribution in [-0.4, -0.2) is 6.10 Å². The van der Waals surface area contributed by atoms with E-state index in [1.165, 1.54) is 0 Å². The van der Waals surface area contributed by atoms with Crippen LogP contribution in [-0.2, 0) is 6.54 Å². The molecule has 2 nitrogen and oxygen atoms in total. The van der Waals surface area contributed by atoms with Gasteiger partial charge in [-0.25, -0.2) is 4.39 Å².